The zero-order chi connectivity index (χ0) is 11.1. The summed E-state index contributed by atoms with van der Waals surface area (Å²) < 4.78 is 0. The van der Waals surface area contributed by atoms with Crippen LogP contribution in [-0.4, -0.2) is 23.4 Å². The van der Waals surface area contributed by atoms with Gasteiger partial charge in [-0.2, -0.15) is 0 Å². The molecule has 0 aromatic rings. The van der Waals surface area contributed by atoms with E-state index >= 15 is 0 Å². The van der Waals surface area contributed by atoms with Gasteiger partial charge in [-0.25, -0.2) is 0 Å². The molecule has 0 unspecified atom stereocenters. The van der Waals surface area contributed by atoms with E-state index in [0.29, 0.717) is 11.9 Å². The van der Waals surface area contributed by atoms with Crippen LogP contribution in [0.3, 0.4) is 0 Å². The van der Waals surface area contributed by atoms with Crippen LogP contribution < -0.4 is 0 Å². The van der Waals surface area contributed by atoms with Gasteiger partial charge < -0.3 is 4.90 Å². The van der Waals surface area contributed by atoms with Gasteiger partial charge in [0.2, 0.25) is 5.91 Å². The maximum Gasteiger partial charge on any atom is 0.222 e. The molecule has 0 saturated heterocycles. The predicted octanol–water partition coefficient (Wildman–Crippen LogP) is 3.36. The average molecular weight is 211 g/mol. The standard InChI is InChI=1S/C13H25NO/c1-3-5-6-11-13(15)14(4-2)12-9-7-8-10-12/h12H,3-11H2,1-2H3. The Bertz CT molecular complexity index is 185. The van der Waals surface area contributed by atoms with E-state index < -0.39 is 0 Å². The lowest BCUT2D eigenvalue weighted by Crippen LogP contribution is -2.38. The number of carbonyl (C=O) groups is 1. The summed E-state index contributed by atoms with van der Waals surface area (Å²) in [6.45, 7) is 5.19. The maximum absolute atomic E-state index is 12.0. The van der Waals surface area contributed by atoms with Crippen LogP contribution in [0.5, 0.6) is 0 Å². The van der Waals surface area contributed by atoms with Gasteiger partial charge in [0.1, 0.15) is 0 Å². The monoisotopic (exact) mass is 211 g/mol. The molecule has 1 saturated carbocycles. The van der Waals surface area contributed by atoms with Crippen molar-refractivity contribution < 1.29 is 4.79 Å². The Hall–Kier alpha value is -0.530. The quantitative estimate of drug-likeness (QED) is 0.617. The second kappa shape index (κ2) is 6.86. The third-order valence-corrected chi connectivity index (χ3v) is 3.42. The molecule has 0 N–H and O–H groups in total. The number of carbonyl (C=O) groups excluding carboxylic acids is 1. The summed E-state index contributed by atoms with van der Waals surface area (Å²) in [5, 5.41) is 0. The Balaban J connectivity index is 2.32. The van der Waals surface area contributed by atoms with Crippen molar-refractivity contribution in [2.75, 3.05) is 6.54 Å². The van der Waals surface area contributed by atoms with Crippen LogP contribution in [-0.2, 0) is 4.79 Å². The van der Waals surface area contributed by atoms with Crippen LogP contribution in [0.1, 0.15) is 65.2 Å². The molecule has 88 valence electrons. The number of unbranched alkanes of at least 4 members (excludes halogenated alkanes) is 2. The number of hydrogen-bond acceptors (Lipinski definition) is 1. The highest BCUT2D eigenvalue weighted by Gasteiger charge is 2.24. The van der Waals surface area contributed by atoms with Crippen LogP contribution in [0.15, 0.2) is 0 Å². The van der Waals surface area contributed by atoms with Gasteiger partial charge in [0.05, 0.1) is 0 Å². The van der Waals surface area contributed by atoms with E-state index in [1.165, 1.54) is 38.5 Å². The van der Waals surface area contributed by atoms with Crippen molar-refractivity contribution >= 4 is 5.91 Å². The lowest BCUT2D eigenvalue weighted by atomic mass is 10.1. The maximum atomic E-state index is 12.0. The number of nitrogens with zero attached hydrogens (tertiary/aromatic N) is 1. The minimum absolute atomic E-state index is 0.387. The van der Waals surface area contributed by atoms with Gasteiger partial charge in [-0.1, -0.05) is 32.6 Å². The van der Waals surface area contributed by atoms with Crippen molar-refractivity contribution in [3.63, 3.8) is 0 Å². The normalized spacial score (nSPS) is 16.9. The van der Waals surface area contributed by atoms with Crippen molar-refractivity contribution in [3.8, 4) is 0 Å². The average Bonchev–Trinajstić information content (AvgIpc) is 2.73. The van der Waals surface area contributed by atoms with Crippen LogP contribution >= 0.6 is 0 Å². The molecule has 0 radical (unpaired) electrons. The second-order valence-corrected chi connectivity index (χ2v) is 4.58. The Labute approximate surface area is 94.0 Å². The smallest absolute Gasteiger partial charge is 0.222 e. The largest absolute Gasteiger partial charge is 0.340 e. The molecule has 2 nitrogen and oxygen atoms in total. The molecule has 1 rings (SSSR count). The first-order valence-electron chi connectivity index (χ1n) is 6.59. The Kier molecular flexibility index (Phi) is 5.74. The van der Waals surface area contributed by atoms with Crippen LogP contribution in [0, 0.1) is 0 Å². The Morgan fingerprint density at radius 1 is 1.20 bits per heavy atom. The first-order chi connectivity index (χ1) is 7.29. The summed E-state index contributed by atoms with van der Waals surface area (Å²) in [5.74, 6) is 0.387. The topological polar surface area (TPSA) is 20.3 Å². The highest BCUT2D eigenvalue weighted by molar-refractivity contribution is 5.76. The predicted molar refractivity (Wildman–Crippen MR) is 63.8 cm³/mol. The molecule has 1 aliphatic carbocycles. The number of amides is 1. The first kappa shape index (κ1) is 12.5. The Morgan fingerprint density at radius 3 is 2.40 bits per heavy atom. The van der Waals surface area contributed by atoms with Crippen LogP contribution in [0.25, 0.3) is 0 Å². The van der Waals surface area contributed by atoms with Crippen molar-refractivity contribution in [2.24, 2.45) is 0 Å². The Morgan fingerprint density at radius 2 is 1.87 bits per heavy atom. The zero-order valence-corrected chi connectivity index (χ0v) is 10.3. The van der Waals surface area contributed by atoms with E-state index in [9.17, 15) is 4.79 Å². The highest BCUT2D eigenvalue weighted by Crippen LogP contribution is 2.24. The van der Waals surface area contributed by atoms with Crippen molar-refractivity contribution in [1.82, 2.24) is 4.90 Å². The summed E-state index contributed by atoms with van der Waals surface area (Å²) in [7, 11) is 0. The van der Waals surface area contributed by atoms with Crippen LogP contribution in [0.4, 0.5) is 0 Å². The minimum atomic E-state index is 0.387. The van der Waals surface area contributed by atoms with Crippen molar-refractivity contribution in [2.45, 2.75) is 71.3 Å². The van der Waals surface area contributed by atoms with E-state index in [4.69, 9.17) is 0 Å². The molecule has 0 aromatic heterocycles. The summed E-state index contributed by atoms with van der Waals surface area (Å²) in [6, 6.07) is 0.559. The van der Waals surface area contributed by atoms with Gasteiger partial charge in [-0.05, 0) is 26.2 Å². The molecule has 0 spiro atoms. The van der Waals surface area contributed by atoms with Gasteiger partial charge in [0.25, 0.3) is 0 Å². The molecule has 15 heavy (non-hydrogen) atoms. The highest BCUT2D eigenvalue weighted by atomic mass is 16.2. The fourth-order valence-electron chi connectivity index (χ4n) is 2.52. The molecule has 0 aliphatic heterocycles. The van der Waals surface area contributed by atoms with Gasteiger partial charge in [0.15, 0.2) is 0 Å². The molecule has 0 bridgehead atoms. The molecule has 0 aromatic carbocycles. The van der Waals surface area contributed by atoms with Crippen molar-refractivity contribution in [3.05, 3.63) is 0 Å². The number of rotatable bonds is 6. The molecule has 1 aliphatic rings. The lowest BCUT2D eigenvalue weighted by molar-refractivity contribution is -0.133. The summed E-state index contributed by atoms with van der Waals surface area (Å²) in [6.07, 6.45) is 9.29. The molecular weight excluding hydrogens is 186 g/mol. The van der Waals surface area contributed by atoms with Crippen LogP contribution in [0.2, 0.25) is 0 Å². The molecule has 1 fully saturated rings. The number of hydrogen-bond donors (Lipinski definition) is 0. The fraction of sp³-hybridized carbons (Fsp3) is 0.923. The van der Waals surface area contributed by atoms with E-state index in [0.717, 1.165) is 19.4 Å². The van der Waals surface area contributed by atoms with Crippen molar-refractivity contribution in [1.29, 1.82) is 0 Å². The first-order valence-corrected chi connectivity index (χ1v) is 6.59. The van der Waals surface area contributed by atoms with Gasteiger partial charge in [-0.3, -0.25) is 4.79 Å². The van der Waals surface area contributed by atoms with E-state index in [1.54, 1.807) is 0 Å². The molecule has 2 heteroatoms. The molecule has 0 heterocycles. The summed E-state index contributed by atoms with van der Waals surface area (Å²) in [5.41, 5.74) is 0. The molecule has 1 amide bonds. The fourth-order valence-corrected chi connectivity index (χ4v) is 2.52. The molecule has 0 atom stereocenters. The second-order valence-electron chi connectivity index (χ2n) is 4.58. The van der Waals surface area contributed by atoms with E-state index in [2.05, 4.69) is 18.7 Å². The summed E-state index contributed by atoms with van der Waals surface area (Å²) >= 11 is 0. The van der Waals surface area contributed by atoms with Gasteiger partial charge >= 0.3 is 0 Å². The minimum Gasteiger partial charge on any atom is -0.340 e. The summed E-state index contributed by atoms with van der Waals surface area (Å²) in [4.78, 5) is 14.1. The SMILES string of the molecule is CCCCCC(=O)N(CC)C1CCCC1. The van der Waals surface area contributed by atoms with Gasteiger partial charge in [0, 0.05) is 19.0 Å². The zero-order valence-electron chi connectivity index (χ0n) is 10.3. The third kappa shape index (κ3) is 3.84. The van der Waals surface area contributed by atoms with E-state index in [-0.39, 0.29) is 0 Å². The van der Waals surface area contributed by atoms with E-state index in [1.807, 2.05) is 0 Å². The van der Waals surface area contributed by atoms with Gasteiger partial charge in [-0.15, -0.1) is 0 Å². The third-order valence-electron chi connectivity index (χ3n) is 3.42. The molecular formula is C13H25NO. The lowest BCUT2D eigenvalue weighted by Gasteiger charge is -2.27.